The van der Waals surface area contributed by atoms with E-state index in [0.29, 0.717) is 48.9 Å². The Labute approximate surface area is 380 Å². The van der Waals surface area contributed by atoms with Crippen LogP contribution >= 0.6 is 40.4 Å². The van der Waals surface area contributed by atoms with Crippen molar-refractivity contribution in [3.05, 3.63) is 0 Å². The molecule has 60 heavy (non-hydrogen) atoms. The molecule has 0 saturated heterocycles. The van der Waals surface area contributed by atoms with Crippen LogP contribution in [0.3, 0.4) is 0 Å². The number of nitrogens with zero attached hydrogens (tertiary/aromatic N) is 5. The lowest BCUT2D eigenvalue weighted by molar-refractivity contribution is -0.112. The Hall–Kier alpha value is 0.210. The van der Waals surface area contributed by atoms with Crippen molar-refractivity contribution in [2.24, 2.45) is 5.92 Å². The SMILES string of the molecule is CC(=N)C(C)C(=O)SCCOCOP(N(C(C)C)C(C)C)N(C(C)C)C(C)CCC(C)N(C(C)C)P(OCOCCSC(=O)CCN(C(C)C)C(C)C)N(C(C)C)C(C)C. The number of hydrogen-bond donors (Lipinski definition) is 1. The molecule has 0 amide bonds. The summed E-state index contributed by atoms with van der Waals surface area (Å²) in [5.74, 6) is 0.772. The van der Waals surface area contributed by atoms with Crippen LogP contribution in [0.15, 0.2) is 0 Å². The highest BCUT2D eigenvalue weighted by Crippen LogP contribution is 2.53. The van der Waals surface area contributed by atoms with E-state index in [9.17, 15) is 9.59 Å². The highest BCUT2D eigenvalue weighted by molar-refractivity contribution is 8.13. The average molecular weight is 927 g/mol. The molecule has 0 aromatic carbocycles. The van der Waals surface area contributed by atoms with Crippen molar-refractivity contribution in [2.75, 3.05) is 44.9 Å². The van der Waals surface area contributed by atoms with Gasteiger partial charge in [0.05, 0.1) is 19.1 Å². The summed E-state index contributed by atoms with van der Waals surface area (Å²) in [7, 11) is -2.33. The van der Waals surface area contributed by atoms with Crippen molar-refractivity contribution in [1.29, 1.82) is 5.41 Å². The van der Waals surface area contributed by atoms with Gasteiger partial charge in [0.25, 0.3) is 0 Å². The quantitative estimate of drug-likeness (QED) is 0.0286. The fraction of sp³-hybridized carbons (Fsp3) is 0.932. The third kappa shape index (κ3) is 22.4. The molecule has 16 heteroatoms. The van der Waals surface area contributed by atoms with Crippen LogP contribution in [0.5, 0.6) is 0 Å². The lowest BCUT2D eigenvalue weighted by Gasteiger charge is -2.47. The van der Waals surface area contributed by atoms with Crippen LogP contribution < -0.4 is 0 Å². The normalized spacial score (nSPS) is 15.6. The molecule has 0 spiro atoms. The highest BCUT2D eigenvalue weighted by Gasteiger charge is 2.38. The van der Waals surface area contributed by atoms with E-state index in [1.807, 2.05) is 0 Å². The van der Waals surface area contributed by atoms with Crippen LogP contribution in [0, 0.1) is 11.3 Å². The molecule has 0 aliphatic carbocycles. The average Bonchev–Trinajstić information content (AvgIpc) is 3.11. The second kappa shape index (κ2) is 32.0. The maximum absolute atomic E-state index is 12.7. The van der Waals surface area contributed by atoms with Crippen molar-refractivity contribution < 1.29 is 28.1 Å². The third-order valence-corrected chi connectivity index (χ3v) is 18.0. The molecular weight excluding hydrogens is 835 g/mol. The third-order valence-electron chi connectivity index (χ3n) is 10.2. The minimum Gasteiger partial charge on any atom is -0.354 e. The molecule has 0 aliphatic rings. The first-order valence-corrected chi connectivity index (χ1v) is 27.0. The number of nitrogens with one attached hydrogen (secondary N) is 1. The van der Waals surface area contributed by atoms with E-state index in [0.717, 1.165) is 19.4 Å². The molecular formula is C44H92N6O6P2S2. The van der Waals surface area contributed by atoms with Gasteiger partial charge in [-0.25, -0.2) is 18.7 Å². The molecule has 0 rings (SSSR count). The van der Waals surface area contributed by atoms with E-state index < -0.39 is 16.9 Å². The molecule has 356 valence electrons. The van der Waals surface area contributed by atoms with E-state index in [4.69, 9.17) is 23.9 Å². The Bertz CT molecular complexity index is 1160. The van der Waals surface area contributed by atoms with Crippen molar-refractivity contribution in [2.45, 2.75) is 218 Å². The van der Waals surface area contributed by atoms with Crippen LogP contribution in [0.25, 0.3) is 0 Å². The first kappa shape index (κ1) is 60.2. The molecule has 0 saturated carbocycles. The number of ether oxygens (including phenoxy) is 2. The maximum atomic E-state index is 12.7. The number of thioether (sulfide) groups is 2. The van der Waals surface area contributed by atoms with E-state index in [1.165, 1.54) is 23.5 Å². The smallest absolute Gasteiger partial charge is 0.197 e. The summed E-state index contributed by atoms with van der Waals surface area (Å²) in [5, 5.41) is 7.99. The van der Waals surface area contributed by atoms with Crippen molar-refractivity contribution in [1.82, 2.24) is 23.6 Å². The number of carbonyl (C=O) groups is 2. The number of rotatable bonds is 34. The molecule has 0 radical (unpaired) electrons. The predicted octanol–water partition coefficient (Wildman–Crippen LogP) is 11.3. The van der Waals surface area contributed by atoms with Gasteiger partial charge in [0.2, 0.25) is 0 Å². The Morgan fingerprint density at radius 2 is 0.883 bits per heavy atom. The van der Waals surface area contributed by atoms with Gasteiger partial charge in [-0.05, 0) is 151 Å². The van der Waals surface area contributed by atoms with Gasteiger partial charge in [0.15, 0.2) is 40.7 Å². The Morgan fingerprint density at radius 1 is 0.533 bits per heavy atom. The van der Waals surface area contributed by atoms with Gasteiger partial charge >= 0.3 is 0 Å². The fourth-order valence-corrected chi connectivity index (χ4v) is 13.5. The first-order valence-electron chi connectivity index (χ1n) is 22.7. The summed E-state index contributed by atoms with van der Waals surface area (Å²) in [6.45, 7) is 45.8. The van der Waals surface area contributed by atoms with Crippen LogP contribution in [-0.4, -0.2) is 145 Å². The Balaban J connectivity index is 5.89. The fourth-order valence-electron chi connectivity index (χ4n) is 7.39. The summed E-state index contributed by atoms with van der Waals surface area (Å²) in [6.07, 6.45) is 2.49. The predicted molar refractivity (Wildman–Crippen MR) is 263 cm³/mol. The van der Waals surface area contributed by atoms with Gasteiger partial charge in [-0.15, -0.1) is 0 Å². The van der Waals surface area contributed by atoms with Gasteiger partial charge in [-0.2, -0.15) is 0 Å². The Kier molecular flexibility index (Phi) is 32.1. The van der Waals surface area contributed by atoms with Crippen LogP contribution in [0.4, 0.5) is 0 Å². The topological polar surface area (TPSA) is 111 Å². The van der Waals surface area contributed by atoms with Gasteiger partial charge in [-0.3, -0.25) is 14.5 Å². The van der Waals surface area contributed by atoms with Crippen LogP contribution in [0.1, 0.15) is 158 Å². The van der Waals surface area contributed by atoms with Crippen molar-refractivity contribution in [3.8, 4) is 0 Å². The minimum absolute atomic E-state index is 0.00360. The van der Waals surface area contributed by atoms with Crippen LogP contribution in [-0.2, 0) is 28.1 Å². The Morgan fingerprint density at radius 3 is 1.20 bits per heavy atom. The lowest BCUT2D eigenvalue weighted by Crippen LogP contribution is -2.46. The summed E-state index contributed by atoms with van der Waals surface area (Å²) >= 11 is 2.59. The molecule has 0 aliphatic heterocycles. The van der Waals surface area contributed by atoms with E-state index >= 15 is 0 Å². The van der Waals surface area contributed by atoms with Crippen molar-refractivity contribution >= 4 is 56.4 Å². The highest BCUT2D eigenvalue weighted by atomic mass is 32.2. The van der Waals surface area contributed by atoms with Gasteiger partial charge in [0.1, 0.15) is 0 Å². The van der Waals surface area contributed by atoms with E-state index in [-0.39, 0.29) is 78.1 Å². The zero-order chi connectivity index (χ0) is 46.4. The van der Waals surface area contributed by atoms with Gasteiger partial charge in [0, 0.05) is 90.6 Å². The van der Waals surface area contributed by atoms with Gasteiger partial charge in [-0.1, -0.05) is 23.5 Å². The molecule has 0 aromatic rings. The molecule has 0 fully saturated rings. The second-order valence-corrected chi connectivity index (χ2v) is 23.8. The lowest BCUT2D eigenvalue weighted by atomic mass is 10.1. The molecule has 0 aromatic heterocycles. The van der Waals surface area contributed by atoms with Crippen molar-refractivity contribution in [3.63, 3.8) is 0 Å². The zero-order valence-corrected chi connectivity index (χ0v) is 45.2. The largest absolute Gasteiger partial charge is 0.354 e. The minimum atomic E-state index is -1.17. The summed E-state index contributed by atoms with van der Waals surface area (Å²) in [5.41, 5.74) is 0.383. The molecule has 5 unspecified atom stereocenters. The summed E-state index contributed by atoms with van der Waals surface area (Å²) in [4.78, 5) is 27.4. The summed E-state index contributed by atoms with van der Waals surface area (Å²) in [6, 6.07) is 2.86. The number of hydrogen-bond acceptors (Lipinski definition) is 14. The number of carbonyl (C=O) groups excluding carboxylic acids is 2. The van der Waals surface area contributed by atoms with Crippen LogP contribution in [0.2, 0.25) is 0 Å². The molecule has 0 bridgehead atoms. The molecule has 0 heterocycles. The van der Waals surface area contributed by atoms with E-state index in [1.54, 1.807) is 13.8 Å². The maximum Gasteiger partial charge on any atom is 0.197 e. The monoisotopic (exact) mass is 927 g/mol. The van der Waals surface area contributed by atoms with Gasteiger partial charge < -0.3 is 23.9 Å². The van der Waals surface area contributed by atoms with E-state index in [2.05, 4.69) is 148 Å². The zero-order valence-electron chi connectivity index (χ0n) is 41.8. The second-order valence-electron chi connectivity index (χ2n) is 18.1. The molecule has 1 N–H and O–H groups in total. The molecule has 5 atom stereocenters. The summed E-state index contributed by atoms with van der Waals surface area (Å²) < 4.78 is 35.6. The molecule has 12 nitrogen and oxygen atoms in total. The first-order chi connectivity index (χ1) is 27.9. The standard InChI is InChI=1S/C44H92N6O6P2S2/c1-31(2)46(32(3)4)24-23-43(51)59-27-25-53-29-55-57(47(33(5)6)34(7)8)49(37(13)14)39(17)21-22-40(18)50(38(15)16)58(48(35(9)10)36(11)12)56-30-54-26-28-60-44(52)41(19)42(20)45/h31-41,45H,21-30H2,1-20H3.